The minimum Gasteiger partial charge on any atom is -0.465 e. The van der Waals surface area contributed by atoms with E-state index in [1.54, 1.807) is 25.1 Å². The molecule has 1 aromatic heterocycles. The highest BCUT2D eigenvalue weighted by atomic mass is 79.9. The minimum atomic E-state index is -0.545. The number of hydrogen-bond donors (Lipinski definition) is 0. The number of benzene rings is 1. The van der Waals surface area contributed by atoms with Gasteiger partial charge in [-0.1, -0.05) is 23.2 Å². The van der Waals surface area contributed by atoms with Crippen molar-refractivity contribution in [2.45, 2.75) is 6.92 Å². The van der Waals surface area contributed by atoms with E-state index in [4.69, 9.17) is 32.7 Å². The number of aryl methyl sites for hydroxylation is 1. The summed E-state index contributed by atoms with van der Waals surface area (Å²) in [7, 11) is 1.29. The minimum absolute atomic E-state index is 0.207. The average Bonchev–Trinajstić information content (AvgIpc) is 2.44. The SMILES string of the molecule is COC(=O)c1cnc(C)cc1Oc1cc(Cl)c(Br)cc1Cl. The van der Waals surface area contributed by atoms with Gasteiger partial charge in [0, 0.05) is 28.5 Å². The maximum Gasteiger partial charge on any atom is 0.343 e. The summed E-state index contributed by atoms with van der Waals surface area (Å²) in [5.74, 6) is 0.0899. The molecule has 0 spiro atoms. The van der Waals surface area contributed by atoms with Gasteiger partial charge in [-0.3, -0.25) is 4.98 Å². The number of rotatable bonds is 3. The van der Waals surface area contributed by atoms with Crippen molar-refractivity contribution in [1.29, 1.82) is 0 Å². The maximum absolute atomic E-state index is 11.7. The first-order valence-electron chi connectivity index (χ1n) is 5.79. The van der Waals surface area contributed by atoms with Crippen LogP contribution in [0.25, 0.3) is 0 Å². The largest absolute Gasteiger partial charge is 0.465 e. The lowest BCUT2D eigenvalue weighted by atomic mass is 10.2. The van der Waals surface area contributed by atoms with E-state index < -0.39 is 5.97 Å². The van der Waals surface area contributed by atoms with Crippen LogP contribution in [0.1, 0.15) is 16.1 Å². The van der Waals surface area contributed by atoms with Gasteiger partial charge in [0.2, 0.25) is 0 Å². The van der Waals surface area contributed by atoms with E-state index in [2.05, 4.69) is 20.9 Å². The molecule has 1 aromatic carbocycles. The maximum atomic E-state index is 11.7. The fourth-order valence-electron chi connectivity index (χ4n) is 1.58. The lowest BCUT2D eigenvalue weighted by Crippen LogP contribution is -2.05. The monoisotopic (exact) mass is 389 g/mol. The number of ether oxygens (including phenoxy) is 2. The van der Waals surface area contributed by atoms with Crippen LogP contribution in [-0.4, -0.2) is 18.1 Å². The summed E-state index contributed by atoms with van der Waals surface area (Å²) < 4.78 is 11.1. The Bertz CT molecular complexity index is 707. The number of halogens is 3. The Morgan fingerprint density at radius 3 is 2.57 bits per heavy atom. The molecule has 0 aliphatic heterocycles. The second-order valence-corrected chi connectivity index (χ2v) is 5.78. The van der Waals surface area contributed by atoms with Crippen molar-refractivity contribution in [3.63, 3.8) is 0 Å². The molecule has 0 aliphatic carbocycles. The fraction of sp³-hybridized carbons (Fsp3) is 0.143. The summed E-state index contributed by atoms with van der Waals surface area (Å²) >= 11 is 15.4. The van der Waals surface area contributed by atoms with Crippen LogP contribution in [0.2, 0.25) is 10.0 Å². The third-order valence-corrected chi connectivity index (χ3v) is 4.10. The predicted octanol–water partition coefficient (Wildman–Crippen LogP) is 5.04. The second-order valence-electron chi connectivity index (χ2n) is 4.11. The molecule has 0 aliphatic rings. The van der Waals surface area contributed by atoms with E-state index in [1.165, 1.54) is 13.3 Å². The van der Waals surface area contributed by atoms with Crippen molar-refractivity contribution in [3.05, 3.63) is 50.2 Å². The van der Waals surface area contributed by atoms with Crippen molar-refractivity contribution in [2.75, 3.05) is 7.11 Å². The normalized spacial score (nSPS) is 10.3. The molecular formula is C14H10BrCl2NO3. The molecular weight excluding hydrogens is 381 g/mol. The lowest BCUT2D eigenvalue weighted by molar-refractivity contribution is 0.0597. The Morgan fingerprint density at radius 2 is 1.90 bits per heavy atom. The molecule has 0 saturated carbocycles. The van der Waals surface area contributed by atoms with Gasteiger partial charge in [0.1, 0.15) is 17.1 Å². The summed E-state index contributed by atoms with van der Waals surface area (Å²) in [5, 5.41) is 0.802. The Hall–Kier alpha value is -1.30. The zero-order valence-electron chi connectivity index (χ0n) is 11.1. The van der Waals surface area contributed by atoms with E-state index in [0.29, 0.717) is 31.7 Å². The number of carbonyl (C=O) groups is 1. The van der Waals surface area contributed by atoms with E-state index in [9.17, 15) is 4.79 Å². The van der Waals surface area contributed by atoms with Crippen LogP contribution in [-0.2, 0) is 4.74 Å². The van der Waals surface area contributed by atoms with Crippen LogP contribution < -0.4 is 4.74 Å². The smallest absolute Gasteiger partial charge is 0.343 e. The highest BCUT2D eigenvalue weighted by Gasteiger charge is 2.16. The molecule has 4 nitrogen and oxygen atoms in total. The van der Waals surface area contributed by atoms with Gasteiger partial charge in [-0.2, -0.15) is 0 Å². The van der Waals surface area contributed by atoms with Crippen LogP contribution in [0.4, 0.5) is 0 Å². The summed E-state index contributed by atoms with van der Waals surface area (Å²) in [6.07, 6.45) is 1.39. The quantitative estimate of drug-likeness (QED) is 0.544. The van der Waals surface area contributed by atoms with Crippen molar-refractivity contribution in [1.82, 2.24) is 4.98 Å². The number of hydrogen-bond acceptors (Lipinski definition) is 4. The zero-order chi connectivity index (χ0) is 15.6. The van der Waals surface area contributed by atoms with E-state index in [-0.39, 0.29) is 5.56 Å². The molecule has 0 bridgehead atoms. The molecule has 7 heteroatoms. The van der Waals surface area contributed by atoms with Gasteiger partial charge in [0.25, 0.3) is 0 Å². The molecule has 110 valence electrons. The standard InChI is InChI=1S/C14H10BrCl2NO3/c1-7-3-12(8(6-18-7)14(19)20-2)21-13-5-10(16)9(15)4-11(13)17/h3-6H,1-2H3. The summed E-state index contributed by atoms with van der Waals surface area (Å²) in [4.78, 5) is 15.8. The molecule has 2 aromatic rings. The molecule has 0 radical (unpaired) electrons. The van der Waals surface area contributed by atoms with Gasteiger partial charge in [-0.05, 0) is 28.9 Å². The Morgan fingerprint density at radius 1 is 1.19 bits per heavy atom. The summed E-state index contributed by atoms with van der Waals surface area (Å²) in [6.45, 7) is 1.78. The van der Waals surface area contributed by atoms with Crippen molar-refractivity contribution >= 4 is 45.1 Å². The number of methoxy groups -OCH3 is 1. The van der Waals surface area contributed by atoms with Crippen LogP contribution in [0.5, 0.6) is 11.5 Å². The molecule has 0 fully saturated rings. The number of nitrogens with zero attached hydrogens (tertiary/aromatic N) is 1. The van der Waals surface area contributed by atoms with Gasteiger partial charge in [0.15, 0.2) is 0 Å². The zero-order valence-corrected chi connectivity index (χ0v) is 14.2. The van der Waals surface area contributed by atoms with E-state index in [0.717, 1.165) is 0 Å². The molecule has 0 atom stereocenters. The van der Waals surface area contributed by atoms with Gasteiger partial charge >= 0.3 is 5.97 Å². The molecule has 1 heterocycles. The van der Waals surface area contributed by atoms with E-state index >= 15 is 0 Å². The number of aromatic nitrogens is 1. The Kier molecular flexibility index (Phi) is 5.08. The van der Waals surface area contributed by atoms with E-state index in [1.807, 2.05) is 0 Å². The van der Waals surface area contributed by atoms with Crippen molar-refractivity contribution in [3.8, 4) is 11.5 Å². The van der Waals surface area contributed by atoms with Gasteiger partial charge in [-0.25, -0.2) is 4.79 Å². The highest BCUT2D eigenvalue weighted by molar-refractivity contribution is 9.10. The van der Waals surface area contributed by atoms with Crippen LogP contribution in [0.3, 0.4) is 0 Å². The summed E-state index contributed by atoms with van der Waals surface area (Å²) in [6, 6.07) is 4.80. The van der Waals surface area contributed by atoms with Crippen LogP contribution in [0, 0.1) is 6.92 Å². The van der Waals surface area contributed by atoms with Gasteiger partial charge < -0.3 is 9.47 Å². The van der Waals surface area contributed by atoms with Crippen molar-refractivity contribution < 1.29 is 14.3 Å². The second kappa shape index (κ2) is 6.64. The fourth-order valence-corrected chi connectivity index (χ4v) is 2.41. The Labute approximate surface area is 140 Å². The number of esters is 1. The Balaban J connectivity index is 2.46. The molecule has 0 N–H and O–H groups in total. The molecule has 0 saturated heterocycles. The molecule has 2 rings (SSSR count). The first-order valence-corrected chi connectivity index (χ1v) is 7.34. The predicted molar refractivity (Wildman–Crippen MR) is 84.5 cm³/mol. The van der Waals surface area contributed by atoms with Gasteiger partial charge in [0.05, 0.1) is 17.2 Å². The van der Waals surface area contributed by atoms with Crippen LogP contribution in [0.15, 0.2) is 28.9 Å². The third kappa shape index (κ3) is 3.67. The topological polar surface area (TPSA) is 48.4 Å². The summed E-state index contributed by atoms with van der Waals surface area (Å²) in [5.41, 5.74) is 0.898. The number of carbonyl (C=O) groups excluding carboxylic acids is 1. The average molecular weight is 391 g/mol. The first-order chi connectivity index (χ1) is 9.92. The lowest BCUT2D eigenvalue weighted by Gasteiger charge is -2.12. The highest BCUT2D eigenvalue weighted by Crippen LogP contribution is 2.37. The van der Waals surface area contributed by atoms with Crippen molar-refractivity contribution in [2.24, 2.45) is 0 Å². The molecule has 0 unspecified atom stereocenters. The van der Waals surface area contributed by atoms with Crippen LogP contribution >= 0.6 is 39.1 Å². The first kappa shape index (κ1) is 16.1. The van der Waals surface area contributed by atoms with Gasteiger partial charge in [-0.15, -0.1) is 0 Å². The molecule has 21 heavy (non-hydrogen) atoms. The molecule has 0 amide bonds. The number of pyridine rings is 1. The third-order valence-electron chi connectivity index (χ3n) is 2.60.